The summed E-state index contributed by atoms with van der Waals surface area (Å²) in [5.74, 6) is 0.574. The molecule has 0 aromatic carbocycles. The van der Waals surface area contributed by atoms with Gasteiger partial charge in [0.25, 0.3) is 5.56 Å². The van der Waals surface area contributed by atoms with Crippen LogP contribution >= 0.6 is 24.8 Å². The maximum atomic E-state index is 11.4. The molecule has 1 aliphatic rings. The van der Waals surface area contributed by atoms with Gasteiger partial charge in [-0.05, 0) is 43.5 Å². The summed E-state index contributed by atoms with van der Waals surface area (Å²) in [6.45, 7) is 2.14. The Hall–Kier alpha value is -0.510. The summed E-state index contributed by atoms with van der Waals surface area (Å²) in [7, 11) is 1.79. The number of piperidine rings is 1. The number of hydrogen-bond donors (Lipinski definition) is 1. The Kier molecular flexibility index (Phi) is 6.72. The van der Waals surface area contributed by atoms with Gasteiger partial charge in [-0.3, -0.25) is 4.79 Å². The van der Waals surface area contributed by atoms with Crippen LogP contribution in [-0.4, -0.2) is 17.7 Å². The van der Waals surface area contributed by atoms with Crippen molar-refractivity contribution in [1.29, 1.82) is 0 Å². The topological polar surface area (TPSA) is 34.0 Å². The Morgan fingerprint density at radius 1 is 1.31 bits per heavy atom. The molecular formula is C11H18Cl2N2O. The molecule has 1 aromatic rings. The second kappa shape index (κ2) is 6.94. The number of rotatable bonds is 1. The zero-order chi connectivity index (χ0) is 9.97. The van der Waals surface area contributed by atoms with Crippen LogP contribution in [-0.2, 0) is 7.05 Å². The normalized spacial score (nSPS) is 16.1. The fourth-order valence-electron chi connectivity index (χ4n) is 1.97. The first-order chi connectivity index (χ1) is 6.77. The number of pyridine rings is 1. The second-order valence-electron chi connectivity index (χ2n) is 3.93. The molecule has 2 rings (SSSR count). The van der Waals surface area contributed by atoms with Gasteiger partial charge in [-0.2, -0.15) is 0 Å². The van der Waals surface area contributed by atoms with E-state index >= 15 is 0 Å². The highest BCUT2D eigenvalue weighted by Gasteiger charge is 2.15. The van der Waals surface area contributed by atoms with Crippen LogP contribution in [0.4, 0.5) is 0 Å². The van der Waals surface area contributed by atoms with E-state index in [2.05, 4.69) is 11.4 Å². The number of halogens is 2. The molecule has 16 heavy (non-hydrogen) atoms. The van der Waals surface area contributed by atoms with E-state index in [0.717, 1.165) is 25.9 Å². The predicted octanol–water partition coefficient (Wildman–Crippen LogP) is 1.70. The molecule has 1 N–H and O–H groups in total. The second-order valence-corrected chi connectivity index (χ2v) is 3.93. The molecule has 3 nitrogen and oxygen atoms in total. The molecule has 0 spiro atoms. The number of aryl methyl sites for hydroxylation is 1. The summed E-state index contributed by atoms with van der Waals surface area (Å²) in [6.07, 6.45) is 4.15. The molecule has 92 valence electrons. The lowest BCUT2D eigenvalue weighted by atomic mass is 9.91. The van der Waals surface area contributed by atoms with Gasteiger partial charge in [0, 0.05) is 19.3 Å². The molecule has 0 radical (unpaired) electrons. The smallest absolute Gasteiger partial charge is 0.250 e. The summed E-state index contributed by atoms with van der Waals surface area (Å²) in [6, 6.07) is 3.84. The van der Waals surface area contributed by atoms with E-state index in [1.54, 1.807) is 17.7 Å². The molecule has 1 aliphatic heterocycles. The monoisotopic (exact) mass is 264 g/mol. The fourth-order valence-corrected chi connectivity index (χ4v) is 1.97. The summed E-state index contributed by atoms with van der Waals surface area (Å²) in [5.41, 5.74) is 1.30. The lowest BCUT2D eigenvalue weighted by molar-refractivity contribution is 0.459. The third kappa shape index (κ3) is 3.51. The zero-order valence-electron chi connectivity index (χ0n) is 9.31. The Labute approximate surface area is 108 Å². The van der Waals surface area contributed by atoms with Gasteiger partial charge < -0.3 is 9.88 Å². The molecular weight excluding hydrogens is 247 g/mol. The summed E-state index contributed by atoms with van der Waals surface area (Å²) >= 11 is 0. The van der Waals surface area contributed by atoms with Crippen LogP contribution in [0.5, 0.6) is 0 Å². The molecule has 2 heterocycles. The van der Waals surface area contributed by atoms with Crippen molar-refractivity contribution < 1.29 is 0 Å². The highest BCUT2D eigenvalue weighted by molar-refractivity contribution is 5.85. The van der Waals surface area contributed by atoms with E-state index in [1.807, 2.05) is 6.20 Å². The first kappa shape index (κ1) is 15.5. The molecule has 0 saturated carbocycles. The van der Waals surface area contributed by atoms with Gasteiger partial charge in [0.2, 0.25) is 0 Å². The third-order valence-corrected chi connectivity index (χ3v) is 2.94. The van der Waals surface area contributed by atoms with Gasteiger partial charge in [0.1, 0.15) is 0 Å². The molecule has 5 heteroatoms. The van der Waals surface area contributed by atoms with E-state index in [4.69, 9.17) is 0 Å². The Bertz CT molecular complexity index is 372. The highest BCUT2D eigenvalue weighted by atomic mass is 35.5. The largest absolute Gasteiger partial charge is 0.319 e. The summed E-state index contributed by atoms with van der Waals surface area (Å²) in [4.78, 5) is 11.4. The van der Waals surface area contributed by atoms with Gasteiger partial charge in [0.05, 0.1) is 0 Å². The molecule has 1 fully saturated rings. The third-order valence-electron chi connectivity index (χ3n) is 2.94. The lowest BCUT2D eigenvalue weighted by Gasteiger charge is -2.22. The van der Waals surface area contributed by atoms with Gasteiger partial charge in [-0.1, -0.05) is 0 Å². The fraction of sp³-hybridized carbons (Fsp3) is 0.545. The van der Waals surface area contributed by atoms with Crippen molar-refractivity contribution in [2.45, 2.75) is 18.8 Å². The number of hydrogen-bond acceptors (Lipinski definition) is 2. The molecule has 0 amide bonds. The van der Waals surface area contributed by atoms with Gasteiger partial charge in [-0.15, -0.1) is 24.8 Å². The Morgan fingerprint density at radius 3 is 2.50 bits per heavy atom. The van der Waals surface area contributed by atoms with Gasteiger partial charge in [0.15, 0.2) is 0 Å². The Balaban J connectivity index is 0.00000112. The van der Waals surface area contributed by atoms with Crippen LogP contribution in [0, 0.1) is 0 Å². The van der Waals surface area contributed by atoms with E-state index in [9.17, 15) is 4.79 Å². The van der Waals surface area contributed by atoms with Crippen LogP contribution in [0.2, 0.25) is 0 Å². The number of nitrogens with one attached hydrogen (secondary N) is 1. The lowest BCUT2D eigenvalue weighted by Crippen LogP contribution is -2.27. The maximum Gasteiger partial charge on any atom is 0.250 e. The predicted molar refractivity (Wildman–Crippen MR) is 71.0 cm³/mol. The number of nitrogens with zero attached hydrogens (tertiary/aromatic N) is 1. The van der Waals surface area contributed by atoms with Crippen molar-refractivity contribution in [3.8, 4) is 0 Å². The van der Waals surface area contributed by atoms with Crippen molar-refractivity contribution in [2.24, 2.45) is 7.05 Å². The van der Waals surface area contributed by atoms with Crippen molar-refractivity contribution >= 4 is 24.8 Å². The SMILES string of the molecule is Cl.Cl.Cn1ccc(C2CCNCC2)cc1=O. The minimum atomic E-state index is 0. The zero-order valence-corrected chi connectivity index (χ0v) is 10.9. The molecule has 0 unspecified atom stereocenters. The van der Waals surface area contributed by atoms with Gasteiger partial charge >= 0.3 is 0 Å². The average Bonchev–Trinajstić information content (AvgIpc) is 2.23. The van der Waals surface area contributed by atoms with Crippen molar-refractivity contribution in [3.63, 3.8) is 0 Å². The molecule has 0 atom stereocenters. The summed E-state index contributed by atoms with van der Waals surface area (Å²) in [5, 5.41) is 3.33. The average molecular weight is 265 g/mol. The van der Waals surface area contributed by atoms with Crippen molar-refractivity contribution in [2.75, 3.05) is 13.1 Å². The van der Waals surface area contributed by atoms with E-state index in [0.29, 0.717) is 5.92 Å². The Morgan fingerprint density at radius 2 is 1.94 bits per heavy atom. The molecule has 1 aromatic heterocycles. The van der Waals surface area contributed by atoms with E-state index < -0.39 is 0 Å². The van der Waals surface area contributed by atoms with Crippen LogP contribution < -0.4 is 10.9 Å². The summed E-state index contributed by atoms with van der Waals surface area (Å²) < 4.78 is 1.62. The van der Waals surface area contributed by atoms with E-state index in [-0.39, 0.29) is 30.4 Å². The highest BCUT2D eigenvalue weighted by Crippen LogP contribution is 2.23. The van der Waals surface area contributed by atoms with Gasteiger partial charge in [-0.25, -0.2) is 0 Å². The van der Waals surface area contributed by atoms with Crippen LogP contribution in [0.25, 0.3) is 0 Å². The van der Waals surface area contributed by atoms with E-state index in [1.165, 1.54) is 5.56 Å². The van der Waals surface area contributed by atoms with Crippen molar-refractivity contribution in [3.05, 3.63) is 34.2 Å². The number of aromatic nitrogens is 1. The minimum Gasteiger partial charge on any atom is -0.319 e. The first-order valence-electron chi connectivity index (χ1n) is 5.14. The minimum absolute atomic E-state index is 0. The van der Waals surface area contributed by atoms with Crippen LogP contribution in [0.15, 0.2) is 23.1 Å². The molecule has 0 bridgehead atoms. The standard InChI is InChI=1S/C11H16N2O.2ClH/c1-13-7-4-10(8-11(13)14)9-2-5-12-6-3-9;;/h4,7-9,12H,2-3,5-6H2,1H3;2*1H. The molecule has 1 saturated heterocycles. The molecule has 0 aliphatic carbocycles. The maximum absolute atomic E-state index is 11.4. The van der Waals surface area contributed by atoms with Crippen LogP contribution in [0.1, 0.15) is 24.3 Å². The quantitative estimate of drug-likeness (QED) is 0.838. The van der Waals surface area contributed by atoms with Crippen LogP contribution in [0.3, 0.4) is 0 Å². The van der Waals surface area contributed by atoms with Crippen molar-refractivity contribution in [1.82, 2.24) is 9.88 Å². The first-order valence-corrected chi connectivity index (χ1v) is 5.14.